The number of nitrogens with one attached hydrogen (secondary N) is 1. The van der Waals surface area contributed by atoms with Gasteiger partial charge < -0.3 is 5.32 Å². The molecule has 3 nitrogen and oxygen atoms in total. The Morgan fingerprint density at radius 3 is 1.86 bits per heavy atom. The second-order valence-corrected chi connectivity index (χ2v) is 10.5. The second-order valence-electron chi connectivity index (χ2n) is 9.59. The lowest BCUT2D eigenvalue weighted by atomic mass is 9.78. The van der Waals surface area contributed by atoms with Gasteiger partial charge in [0.25, 0.3) is 0 Å². The van der Waals surface area contributed by atoms with E-state index in [0.29, 0.717) is 41.2 Å². The van der Waals surface area contributed by atoms with Crippen LogP contribution in [0.5, 0.6) is 0 Å². The minimum absolute atomic E-state index is 0.0554. The average molecular weight is 515 g/mol. The number of likely N-dealkylation sites (tertiary alicyclic amines) is 1. The molecule has 0 aromatic heterocycles. The molecule has 7 heteroatoms. The van der Waals surface area contributed by atoms with Gasteiger partial charge in [-0.25, -0.2) is 8.78 Å². The molecule has 0 spiro atoms. The minimum atomic E-state index is -0.670. The molecule has 1 aliphatic carbocycles. The second kappa shape index (κ2) is 10.3. The van der Waals surface area contributed by atoms with Crippen LogP contribution in [0, 0.1) is 23.5 Å². The van der Waals surface area contributed by atoms with Crippen molar-refractivity contribution in [3.8, 4) is 0 Å². The molecule has 1 saturated carbocycles. The van der Waals surface area contributed by atoms with Crippen molar-refractivity contribution in [1.29, 1.82) is 0 Å². The highest BCUT2D eigenvalue weighted by Crippen LogP contribution is 2.41. The Hall–Kier alpha value is -2.47. The number of nitrogens with zero attached hydrogens (tertiary/aromatic N) is 1. The van der Waals surface area contributed by atoms with Gasteiger partial charge in [0.2, 0.25) is 5.91 Å². The van der Waals surface area contributed by atoms with Gasteiger partial charge in [0.1, 0.15) is 11.6 Å². The molecule has 1 N–H and O–H groups in total. The van der Waals surface area contributed by atoms with Crippen LogP contribution in [0.2, 0.25) is 10.0 Å². The van der Waals surface area contributed by atoms with Crippen LogP contribution < -0.4 is 5.32 Å². The first-order valence-electron chi connectivity index (χ1n) is 11.9. The Kier molecular flexibility index (Phi) is 7.10. The van der Waals surface area contributed by atoms with E-state index in [-0.39, 0.29) is 17.9 Å². The summed E-state index contributed by atoms with van der Waals surface area (Å²) in [6.45, 7) is 1.83. The van der Waals surface area contributed by atoms with Crippen LogP contribution in [0.15, 0.2) is 66.7 Å². The topological polar surface area (TPSA) is 32.3 Å². The maximum atomic E-state index is 14.1. The highest BCUT2D eigenvalue weighted by Gasteiger charge is 2.42. The zero-order valence-corrected chi connectivity index (χ0v) is 20.6. The summed E-state index contributed by atoms with van der Waals surface area (Å²) >= 11 is 12.2. The van der Waals surface area contributed by atoms with E-state index < -0.39 is 17.6 Å². The third-order valence-corrected chi connectivity index (χ3v) is 7.44. The van der Waals surface area contributed by atoms with Crippen molar-refractivity contribution in [2.75, 3.05) is 19.6 Å². The molecule has 1 atom stereocenters. The number of carbonyl (C=O) groups excluding carboxylic acids is 1. The number of rotatable bonds is 8. The molecule has 0 radical (unpaired) electrons. The highest BCUT2D eigenvalue weighted by molar-refractivity contribution is 6.30. The van der Waals surface area contributed by atoms with Crippen molar-refractivity contribution in [3.63, 3.8) is 0 Å². The summed E-state index contributed by atoms with van der Waals surface area (Å²) in [5.41, 5.74) is 2.53. The van der Waals surface area contributed by atoms with Gasteiger partial charge in [-0.15, -0.1) is 0 Å². The first-order chi connectivity index (χ1) is 16.9. The first kappa shape index (κ1) is 24.2. The molecule has 2 aliphatic rings. The molecule has 1 saturated heterocycles. The quantitative estimate of drug-likeness (QED) is 0.367. The van der Waals surface area contributed by atoms with E-state index in [4.69, 9.17) is 23.2 Å². The van der Waals surface area contributed by atoms with Gasteiger partial charge in [-0.1, -0.05) is 47.5 Å². The van der Waals surface area contributed by atoms with Crippen molar-refractivity contribution in [3.05, 3.63) is 105 Å². The fourth-order valence-corrected chi connectivity index (χ4v) is 5.20. The maximum absolute atomic E-state index is 14.1. The molecule has 3 aromatic carbocycles. The van der Waals surface area contributed by atoms with Crippen LogP contribution in [-0.2, 0) is 4.79 Å². The third-order valence-electron chi connectivity index (χ3n) is 6.93. The van der Waals surface area contributed by atoms with Gasteiger partial charge in [-0.3, -0.25) is 9.69 Å². The standard InChI is InChI=1S/C28H26Cl2F2N2O/c29-22-7-3-18(4-8-22)27(19-5-9-23(30)10-6-19)34-15-21(16-34)26(28(35)33-14-17-1-2-17)20-11-24(31)13-25(32)12-20/h3-13,17,21,26-27H,1-2,14-16H2,(H,33,35)/t26-/m0/s1. The Morgan fingerprint density at radius 2 is 1.37 bits per heavy atom. The predicted molar refractivity (Wildman–Crippen MR) is 135 cm³/mol. The van der Waals surface area contributed by atoms with Crippen LogP contribution >= 0.6 is 23.2 Å². The number of hydrogen-bond acceptors (Lipinski definition) is 2. The minimum Gasteiger partial charge on any atom is -0.355 e. The van der Waals surface area contributed by atoms with Crippen molar-refractivity contribution in [1.82, 2.24) is 10.2 Å². The zero-order valence-electron chi connectivity index (χ0n) is 19.1. The van der Waals surface area contributed by atoms with E-state index in [1.165, 1.54) is 12.1 Å². The fraction of sp³-hybridized carbons (Fsp3) is 0.321. The number of hydrogen-bond donors (Lipinski definition) is 1. The Labute approximate surface area is 214 Å². The molecule has 5 rings (SSSR count). The molecule has 1 heterocycles. The lowest BCUT2D eigenvalue weighted by Gasteiger charge is -2.47. The summed E-state index contributed by atoms with van der Waals surface area (Å²) in [6, 6.07) is 18.8. The van der Waals surface area contributed by atoms with Crippen LogP contribution in [0.4, 0.5) is 8.78 Å². The summed E-state index contributed by atoms with van der Waals surface area (Å²) in [6.07, 6.45) is 2.22. The molecule has 0 bridgehead atoms. The molecular formula is C28H26Cl2F2N2O. The van der Waals surface area contributed by atoms with Gasteiger partial charge in [0.15, 0.2) is 0 Å². The van der Waals surface area contributed by atoms with Crippen molar-refractivity contribution < 1.29 is 13.6 Å². The average Bonchev–Trinajstić information content (AvgIpc) is 3.62. The predicted octanol–water partition coefficient (Wildman–Crippen LogP) is 6.60. The van der Waals surface area contributed by atoms with E-state index in [1.807, 2.05) is 48.5 Å². The molecule has 0 unspecified atom stereocenters. The van der Waals surface area contributed by atoms with Crippen molar-refractivity contribution in [2.45, 2.75) is 24.8 Å². The van der Waals surface area contributed by atoms with E-state index in [1.54, 1.807) is 0 Å². The summed E-state index contributed by atoms with van der Waals surface area (Å²) in [5, 5.41) is 4.34. The van der Waals surface area contributed by atoms with Crippen LogP contribution in [0.3, 0.4) is 0 Å². The summed E-state index contributed by atoms with van der Waals surface area (Å²) in [7, 11) is 0. The zero-order chi connectivity index (χ0) is 24.5. The van der Waals surface area contributed by atoms with E-state index >= 15 is 0 Å². The smallest absolute Gasteiger partial charge is 0.227 e. The molecule has 35 heavy (non-hydrogen) atoms. The Balaban J connectivity index is 1.40. The molecular weight excluding hydrogens is 489 g/mol. The molecule has 2 fully saturated rings. The van der Waals surface area contributed by atoms with Crippen LogP contribution in [-0.4, -0.2) is 30.4 Å². The summed E-state index contributed by atoms with van der Waals surface area (Å²) in [5.74, 6) is -1.68. The van der Waals surface area contributed by atoms with Crippen molar-refractivity contribution in [2.24, 2.45) is 11.8 Å². The number of carbonyl (C=O) groups is 1. The normalized spacial score (nSPS) is 17.3. The molecule has 1 amide bonds. The Morgan fingerprint density at radius 1 is 0.857 bits per heavy atom. The van der Waals surface area contributed by atoms with E-state index in [2.05, 4.69) is 10.2 Å². The van der Waals surface area contributed by atoms with Gasteiger partial charge >= 0.3 is 0 Å². The molecule has 3 aromatic rings. The van der Waals surface area contributed by atoms with Gasteiger partial charge in [0, 0.05) is 41.7 Å². The maximum Gasteiger partial charge on any atom is 0.227 e. The van der Waals surface area contributed by atoms with Gasteiger partial charge in [-0.05, 0) is 71.8 Å². The molecule has 182 valence electrons. The fourth-order valence-electron chi connectivity index (χ4n) is 4.94. The monoisotopic (exact) mass is 514 g/mol. The lowest BCUT2D eigenvalue weighted by Crippen LogP contribution is -2.53. The summed E-state index contributed by atoms with van der Waals surface area (Å²) in [4.78, 5) is 15.5. The van der Waals surface area contributed by atoms with Gasteiger partial charge in [-0.2, -0.15) is 0 Å². The van der Waals surface area contributed by atoms with E-state index in [9.17, 15) is 13.6 Å². The third kappa shape index (κ3) is 5.69. The van der Waals surface area contributed by atoms with Crippen LogP contribution in [0.1, 0.15) is 41.5 Å². The van der Waals surface area contributed by atoms with Gasteiger partial charge in [0.05, 0.1) is 12.0 Å². The highest BCUT2D eigenvalue weighted by atomic mass is 35.5. The van der Waals surface area contributed by atoms with E-state index in [0.717, 1.165) is 30.0 Å². The SMILES string of the molecule is O=C(NCC1CC1)[C@@H](c1cc(F)cc(F)c1)C1CN(C(c2ccc(Cl)cc2)c2ccc(Cl)cc2)C1. The number of amides is 1. The van der Waals surface area contributed by atoms with Crippen LogP contribution in [0.25, 0.3) is 0 Å². The number of halogens is 4. The number of benzene rings is 3. The first-order valence-corrected chi connectivity index (χ1v) is 12.6. The molecule has 1 aliphatic heterocycles. The van der Waals surface area contributed by atoms with Crippen molar-refractivity contribution >= 4 is 29.1 Å². The summed E-state index contributed by atoms with van der Waals surface area (Å²) < 4.78 is 28.1. The lowest BCUT2D eigenvalue weighted by molar-refractivity contribution is -0.125. The largest absolute Gasteiger partial charge is 0.355 e. The Bertz CT molecular complexity index is 1130.